The number of rotatable bonds is 4. The normalized spacial score (nSPS) is 12.5. The van der Waals surface area contributed by atoms with Gasteiger partial charge in [-0.3, -0.25) is 0 Å². The average Bonchev–Trinajstić information content (AvgIpc) is 2.18. The minimum atomic E-state index is -0.894. The second kappa shape index (κ2) is 4.82. The zero-order valence-electron chi connectivity index (χ0n) is 9.32. The second-order valence-corrected chi connectivity index (χ2v) is 4.03. The van der Waals surface area contributed by atoms with Crippen LogP contribution < -0.4 is 5.32 Å². The molecule has 0 aliphatic rings. The number of benzene rings is 1. The SMILES string of the molecule is CC(C)[C@H](C)Nc1ccccc1C(=O)O. The van der Waals surface area contributed by atoms with Crippen molar-refractivity contribution in [2.45, 2.75) is 26.8 Å². The Bertz CT molecular complexity index is 347. The van der Waals surface area contributed by atoms with Gasteiger partial charge < -0.3 is 10.4 Å². The predicted molar refractivity (Wildman–Crippen MR) is 61.3 cm³/mol. The number of anilines is 1. The molecule has 3 nitrogen and oxygen atoms in total. The predicted octanol–water partition coefficient (Wildman–Crippen LogP) is 2.84. The lowest BCUT2D eigenvalue weighted by atomic mass is 10.1. The Morgan fingerprint density at radius 1 is 1.27 bits per heavy atom. The van der Waals surface area contributed by atoms with Crippen LogP contribution in [0.15, 0.2) is 24.3 Å². The highest BCUT2D eigenvalue weighted by molar-refractivity contribution is 5.94. The van der Waals surface area contributed by atoms with Gasteiger partial charge in [0, 0.05) is 11.7 Å². The first-order chi connectivity index (χ1) is 7.02. The molecule has 0 fully saturated rings. The molecule has 0 amide bonds. The summed E-state index contributed by atoms with van der Waals surface area (Å²) in [5.74, 6) is -0.430. The number of hydrogen-bond donors (Lipinski definition) is 2. The Hall–Kier alpha value is -1.51. The van der Waals surface area contributed by atoms with Crippen molar-refractivity contribution >= 4 is 11.7 Å². The fraction of sp³-hybridized carbons (Fsp3) is 0.417. The molecular formula is C12H17NO2. The molecule has 1 atom stereocenters. The van der Waals surface area contributed by atoms with E-state index in [-0.39, 0.29) is 6.04 Å². The second-order valence-electron chi connectivity index (χ2n) is 4.03. The van der Waals surface area contributed by atoms with E-state index >= 15 is 0 Å². The summed E-state index contributed by atoms with van der Waals surface area (Å²) in [5.41, 5.74) is 1.01. The van der Waals surface area contributed by atoms with E-state index in [1.165, 1.54) is 0 Å². The van der Waals surface area contributed by atoms with Gasteiger partial charge in [-0.05, 0) is 25.0 Å². The van der Waals surface area contributed by atoms with E-state index in [2.05, 4.69) is 19.2 Å². The van der Waals surface area contributed by atoms with E-state index in [1.807, 2.05) is 13.0 Å². The van der Waals surface area contributed by atoms with Gasteiger partial charge in [-0.25, -0.2) is 4.79 Å². The molecule has 0 bridgehead atoms. The van der Waals surface area contributed by atoms with Gasteiger partial charge in [0.15, 0.2) is 0 Å². The molecule has 3 heteroatoms. The molecule has 0 aromatic heterocycles. The van der Waals surface area contributed by atoms with Crippen LogP contribution in [0.4, 0.5) is 5.69 Å². The van der Waals surface area contributed by atoms with Crippen molar-refractivity contribution in [3.8, 4) is 0 Å². The van der Waals surface area contributed by atoms with Crippen molar-refractivity contribution < 1.29 is 9.90 Å². The average molecular weight is 207 g/mol. The Labute approximate surface area is 90.1 Å². The van der Waals surface area contributed by atoms with Crippen LogP contribution in [0, 0.1) is 5.92 Å². The number of aromatic carboxylic acids is 1. The molecule has 0 spiro atoms. The molecule has 0 aliphatic heterocycles. The molecule has 82 valence electrons. The summed E-state index contributed by atoms with van der Waals surface area (Å²) >= 11 is 0. The zero-order valence-corrected chi connectivity index (χ0v) is 9.32. The third-order valence-electron chi connectivity index (χ3n) is 2.54. The Kier molecular flexibility index (Phi) is 3.72. The van der Waals surface area contributed by atoms with Crippen LogP contribution >= 0.6 is 0 Å². The molecule has 15 heavy (non-hydrogen) atoms. The van der Waals surface area contributed by atoms with Crippen molar-refractivity contribution in [1.82, 2.24) is 0 Å². The molecule has 1 aromatic carbocycles. The summed E-state index contributed by atoms with van der Waals surface area (Å²) in [5, 5.41) is 12.2. The Balaban J connectivity index is 2.89. The van der Waals surface area contributed by atoms with Gasteiger partial charge >= 0.3 is 5.97 Å². The monoisotopic (exact) mass is 207 g/mol. The van der Waals surface area contributed by atoms with Crippen molar-refractivity contribution in [2.24, 2.45) is 5.92 Å². The highest BCUT2D eigenvalue weighted by Gasteiger charge is 2.12. The maximum Gasteiger partial charge on any atom is 0.337 e. The number of carbonyl (C=O) groups is 1. The van der Waals surface area contributed by atoms with E-state index in [0.717, 1.165) is 0 Å². The maximum atomic E-state index is 10.9. The van der Waals surface area contributed by atoms with Gasteiger partial charge in [0.25, 0.3) is 0 Å². The third kappa shape index (κ3) is 2.98. The van der Waals surface area contributed by atoms with Gasteiger partial charge in [0.1, 0.15) is 0 Å². The fourth-order valence-electron chi connectivity index (χ4n) is 1.21. The molecule has 0 unspecified atom stereocenters. The largest absolute Gasteiger partial charge is 0.478 e. The third-order valence-corrected chi connectivity index (χ3v) is 2.54. The minimum Gasteiger partial charge on any atom is -0.478 e. The van der Waals surface area contributed by atoms with Gasteiger partial charge in [-0.2, -0.15) is 0 Å². The van der Waals surface area contributed by atoms with Crippen molar-refractivity contribution in [3.05, 3.63) is 29.8 Å². The zero-order chi connectivity index (χ0) is 11.4. The summed E-state index contributed by atoms with van der Waals surface area (Å²) in [6.45, 7) is 6.24. The van der Waals surface area contributed by atoms with E-state index < -0.39 is 5.97 Å². The Morgan fingerprint density at radius 2 is 1.87 bits per heavy atom. The Morgan fingerprint density at radius 3 is 2.40 bits per heavy atom. The minimum absolute atomic E-state index is 0.255. The number of para-hydroxylation sites is 1. The van der Waals surface area contributed by atoms with E-state index in [1.54, 1.807) is 18.2 Å². The van der Waals surface area contributed by atoms with Crippen LogP contribution in [0.25, 0.3) is 0 Å². The lowest BCUT2D eigenvalue weighted by Crippen LogP contribution is -2.22. The molecule has 1 aromatic rings. The smallest absolute Gasteiger partial charge is 0.337 e. The summed E-state index contributed by atoms with van der Waals surface area (Å²) < 4.78 is 0. The topological polar surface area (TPSA) is 49.3 Å². The van der Waals surface area contributed by atoms with E-state index in [9.17, 15) is 4.79 Å². The van der Waals surface area contributed by atoms with Gasteiger partial charge in [-0.1, -0.05) is 26.0 Å². The number of carboxylic acid groups (broad SMARTS) is 1. The summed E-state index contributed by atoms with van der Waals surface area (Å²) in [4.78, 5) is 10.9. The number of carboxylic acids is 1. The van der Waals surface area contributed by atoms with Crippen LogP contribution in [0.3, 0.4) is 0 Å². The molecule has 0 heterocycles. The fourth-order valence-corrected chi connectivity index (χ4v) is 1.21. The molecule has 1 rings (SSSR count). The van der Waals surface area contributed by atoms with E-state index in [4.69, 9.17) is 5.11 Å². The van der Waals surface area contributed by atoms with Crippen molar-refractivity contribution in [3.63, 3.8) is 0 Å². The summed E-state index contributed by atoms with van der Waals surface area (Å²) in [6, 6.07) is 7.22. The standard InChI is InChI=1S/C12H17NO2/c1-8(2)9(3)13-11-7-5-4-6-10(11)12(14)15/h4-9,13H,1-3H3,(H,14,15)/t9-/m0/s1. The van der Waals surface area contributed by atoms with Crippen LogP contribution in [0.2, 0.25) is 0 Å². The first kappa shape index (κ1) is 11.6. The lowest BCUT2D eigenvalue weighted by Gasteiger charge is -2.19. The number of hydrogen-bond acceptors (Lipinski definition) is 2. The van der Waals surface area contributed by atoms with Crippen LogP contribution in [-0.2, 0) is 0 Å². The number of nitrogens with one attached hydrogen (secondary N) is 1. The molecule has 0 saturated heterocycles. The maximum absolute atomic E-state index is 10.9. The van der Waals surface area contributed by atoms with Crippen LogP contribution in [-0.4, -0.2) is 17.1 Å². The molecule has 2 N–H and O–H groups in total. The van der Waals surface area contributed by atoms with Crippen LogP contribution in [0.1, 0.15) is 31.1 Å². The highest BCUT2D eigenvalue weighted by atomic mass is 16.4. The van der Waals surface area contributed by atoms with Gasteiger partial charge in [-0.15, -0.1) is 0 Å². The van der Waals surface area contributed by atoms with Crippen LogP contribution in [0.5, 0.6) is 0 Å². The van der Waals surface area contributed by atoms with Gasteiger partial charge in [0.2, 0.25) is 0 Å². The first-order valence-corrected chi connectivity index (χ1v) is 5.11. The molecule has 0 aliphatic carbocycles. The first-order valence-electron chi connectivity index (χ1n) is 5.11. The summed E-state index contributed by atoms with van der Waals surface area (Å²) in [6.07, 6.45) is 0. The van der Waals surface area contributed by atoms with Gasteiger partial charge in [0.05, 0.1) is 5.56 Å². The molecular weight excluding hydrogens is 190 g/mol. The van der Waals surface area contributed by atoms with Crippen molar-refractivity contribution in [1.29, 1.82) is 0 Å². The van der Waals surface area contributed by atoms with E-state index in [0.29, 0.717) is 17.2 Å². The van der Waals surface area contributed by atoms with Crippen molar-refractivity contribution in [2.75, 3.05) is 5.32 Å². The molecule has 0 saturated carbocycles. The highest BCUT2D eigenvalue weighted by Crippen LogP contribution is 2.17. The summed E-state index contributed by atoms with van der Waals surface area (Å²) in [7, 11) is 0. The quantitative estimate of drug-likeness (QED) is 0.798. The lowest BCUT2D eigenvalue weighted by molar-refractivity contribution is 0.0698. The molecule has 0 radical (unpaired) electrons.